The maximum atomic E-state index is 12.6. The molecule has 0 spiro atoms. The molecular formula is C23H28N2O5S. The van der Waals surface area contributed by atoms with E-state index in [9.17, 15) is 18.0 Å². The van der Waals surface area contributed by atoms with Gasteiger partial charge in [0.25, 0.3) is 5.91 Å². The zero-order valence-corrected chi connectivity index (χ0v) is 18.7. The number of carbonyl (C=O) groups is 2. The SMILES string of the molecule is Cc1ccc(C)c(S(=O)(=O)Oc2ccc(C(=O)NCCN3CCCCCC3=O)cc2)c1. The van der Waals surface area contributed by atoms with Crippen LogP contribution in [0.1, 0.15) is 47.2 Å². The number of hydrogen-bond donors (Lipinski definition) is 1. The van der Waals surface area contributed by atoms with Gasteiger partial charge in [0.15, 0.2) is 0 Å². The Balaban J connectivity index is 1.57. The van der Waals surface area contributed by atoms with Crippen LogP contribution in [-0.4, -0.2) is 44.8 Å². The van der Waals surface area contributed by atoms with Crippen molar-refractivity contribution in [2.24, 2.45) is 0 Å². The largest absolute Gasteiger partial charge is 0.379 e. The highest BCUT2D eigenvalue weighted by molar-refractivity contribution is 7.87. The number of benzene rings is 2. The van der Waals surface area contributed by atoms with Crippen LogP contribution < -0.4 is 9.50 Å². The summed E-state index contributed by atoms with van der Waals surface area (Å²) in [6.45, 7) is 5.11. The van der Waals surface area contributed by atoms with Crippen LogP contribution in [0.15, 0.2) is 47.4 Å². The Morgan fingerprint density at radius 1 is 1.06 bits per heavy atom. The highest BCUT2D eigenvalue weighted by atomic mass is 32.2. The normalized spacial score (nSPS) is 14.8. The first-order valence-electron chi connectivity index (χ1n) is 10.4. The molecule has 1 aliphatic heterocycles. The molecule has 1 fully saturated rings. The Kier molecular flexibility index (Phi) is 7.33. The lowest BCUT2D eigenvalue weighted by molar-refractivity contribution is -0.130. The van der Waals surface area contributed by atoms with E-state index in [0.29, 0.717) is 30.6 Å². The molecule has 31 heavy (non-hydrogen) atoms. The number of carbonyl (C=O) groups excluding carboxylic acids is 2. The first kappa shape index (κ1) is 22.8. The van der Waals surface area contributed by atoms with Crippen molar-refractivity contribution in [2.75, 3.05) is 19.6 Å². The van der Waals surface area contributed by atoms with Gasteiger partial charge in [-0.25, -0.2) is 0 Å². The van der Waals surface area contributed by atoms with Gasteiger partial charge in [0, 0.05) is 31.6 Å². The zero-order chi connectivity index (χ0) is 22.4. The number of nitrogens with zero attached hydrogens (tertiary/aromatic N) is 1. The van der Waals surface area contributed by atoms with E-state index in [1.54, 1.807) is 24.0 Å². The lowest BCUT2D eigenvalue weighted by atomic mass is 10.2. The minimum Gasteiger partial charge on any atom is -0.379 e. The fourth-order valence-corrected chi connectivity index (χ4v) is 4.74. The third-order valence-corrected chi connectivity index (χ3v) is 6.66. The number of amides is 2. The summed E-state index contributed by atoms with van der Waals surface area (Å²) < 4.78 is 30.4. The Bertz CT molecular complexity index is 1050. The highest BCUT2D eigenvalue weighted by Crippen LogP contribution is 2.22. The number of rotatable bonds is 7. The van der Waals surface area contributed by atoms with E-state index in [1.165, 1.54) is 24.3 Å². The molecule has 166 valence electrons. The summed E-state index contributed by atoms with van der Waals surface area (Å²) in [6, 6.07) is 11.1. The average Bonchev–Trinajstić information content (AvgIpc) is 2.94. The van der Waals surface area contributed by atoms with Gasteiger partial charge in [0.1, 0.15) is 10.6 Å². The van der Waals surface area contributed by atoms with Crippen LogP contribution in [0.2, 0.25) is 0 Å². The quantitative estimate of drug-likeness (QED) is 0.662. The minimum absolute atomic E-state index is 0.123. The summed E-state index contributed by atoms with van der Waals surface area (Å²) >= 11 is 0. The lowest BCUT2D eigenvalue weighted by Gasteiger charge is -2.20. The van der Waals surface area contributed by atoms with Crippen LogP contribution in [0.3, 0.4) is 0 Å². The maximum Gasteiger partial charge on any atom is 0.339 e. The zero-order valence-electron chi connectivity index (χ0n) is 17.9. The van der Waals surface area contributed by atoms with Gasteiger partial charge in [-0.15, -0.1) is 0 Å². The van der Waals surface area contributed by atoms with Crippen molar-refractivity contribution < 1.29 is 22.2 Å². The van der Waals surface area contributed by atoms with Gasteiger partial charge >= 0.3 is 10.1 Å². The summed E-state index contributed by atoms with van der Waals surface area (Å²) in [7, 11) is -3.97. The number of likely N-dealkylation sites (tertiary alicyclic amines) is 1. The molecule has 8 heteroatoms. The Morgan fingerprint density at radius 3 is 2.55 bits per heavy atom. The standard InChI is InChI=1S/C23H28N2O5S/c1-17-7-8-18(2)21(16-17)31(28,29)30-20-11-9-19(10-12-20)23(27)24-13-15-25-14-5-3-4-6-22(25)26/h7-12,16H,3-6,13-15H2,1-2H3,(H,24,27). The molecule has 1 saturated heterocycles. The third-order valence-electron chi connectivity index (χ3n) is 5.27. The molecule has 0 radical (unpaired) electrons. The maximum absolute atomic E-state index is 12.6. The van der Waals surface area contributed by atoms with E-state index in [2.05, 4.69) is 5.32 Å². The van der Waals surface area contributed by atoms with Crippen molar-refractivity contribution >= 4 is 21.9 Å². The molecule has 2 aromatic rings. The predicted octanol–water partition coefficient (Wildman–Crippen LogP) is 3.20. The molecule has 1 aliphatic rings. The van der Waals surface area contributed by atoms with E-state index in [1.807, 2.05) is 13.0 Å². The van der Waals surface area contributed by atoms with Crippen molar-refractivity contribution in [3.63, 3.8) is 0 Å². The van der Waals surface area contributed by atoms with Crippen LogP contribution >= 0.6 is 0 Å². The second kappa shape index (κ2) is 9.96. The number of hydrogen-bond acceptors (Lipinski definition) is 5. The molecule has 0 aromatic heterocycles. The van der Waals surface area contributed by atoms with Crippen LogP contribution in [-0.2, 0) is 14.9 Å². The van der Waals surface area contributed by atoms with Crippen molar-refractivity contribution in [2.45, 2.75) is 44.4 Å². The Morgan fingerprint density at radius 2 is 1.81 bits per heavy atom. The van der Waals surface area contributed by atoms with Gasteiger partial charge in [0.05, 0.1) is 0 Å². The molecule has 0 atom stereocenters. The monoisotopic (exact) mass is 444 g/mol. The van der Waals surface area contributed by atoms with Crippen molar-refractivity contribution in [1.29, 1.82) is 0 Å². The molecule has 2 aromatic carbocycles. The summed E-state index contributed by atoms with van der Waals surface area (Å²) in [6.07, 6.45) is 3.55. The molecule has 7 nitrogen and oxygen atoms in total. The van der Waals surface area contributed by atoms with Crippen LogP contribution in [0.5, 0.6) is 5.75 Å². The van der Waals surface area contributed by atoms with Gasteiger partial charge in [-0.2, -0.15) is 8.42 Å². The van der Waals surface area contributed by atoms with E-state index >= 15 is 0 Å². The second-order valence-corrected chi connectivity index (χ2v) is 9.29. The van der Waals surface area contributed by atoms with Gasteiger partial charge in [-0.05, 0) is 68.1 Å². The Hall–Kier alpha value is -2.87. The topological polar surface area (TPSA) is 92.8 Å². The fourth-order valence-electron chi connectivity index (χ4n) is 3.49. The average molecular weight is 445 g/mol. The molecule has 0 aliphatic carbocycles. The fraction of sp³-hybridized carbons (Fsp3) is 0.391. The summed E-state index contributed by atoms with van der Waals surface area (Å²) in [5.41, 5.74) is 1.81. The summed E-state index contributed by atoms with van der Waals surface area (Å²) in [5, 5.41) is 2.80. The molecule has 1 heterocycles. The van der Waals surface area contributed by atoms with E-state index in [-0.39, 0.29) is 22.5 Å². The molecule has 1 N–H and O–H groups in total. The van der Waals surface area contributed by atoms with Crippen molar-refractivity contribution in [3.05, 3.63) is 59.2 Å². The highest BCUT2D eigenvalue weighted by Gasteiger charge is 2.20. The first-order valence-corrected chi connectivity index (χ1v) is 11.8. The van der Waals surface area contributed by atoms with Gasteiger partial charge in [0.2, 0.25) is 5.91 Å². The minimum atomic E-state index is -3.97. The molecule has 0 saturated carbocycles. The van der Waals surface area contributed by atoms with E-state index in [0.717, 1.165) is 31.4 Å². The predicted molar refractivity (Wildman–Crippen MR) is 118 cm³/mol. The van der Waals surface area contributed by atoms with Crippen molar-refractivity contribution in [3.8, 4) is 5.75 Å². The summed E-state index contributed by atoms with van der Waals surface area (Å²) in [4.78, 5) is 26.3. The molecule has 0 unspecified atom stereocenters. The van der Waals surface area contributed by atoms with Crippen LogP contribution in [0.4, 0.5) is 0 Å². The Labute approximate surface area is 183 Å². The number of aryl methyl sites for hydroxylation is 2. The second-order valence-electron chi connectivity index (χ2n) is 7.78. The van der Waals surface area contributed by atoms with E-state index < -0.39 is 10.1 Å². The van der Waals surface area contributed by atoms with Gasteiger partial charge in [-0.3, -0.25) is 9.59 Å². The van der Waals surface area contributed by atoms with Crippen LogP contribution in [0, 0.1) is 13.8 Å². The van der Waals surface area contributed by atoms with E-state index in [4.69, 9.17) is 4.18 Å². The number of nitrogens with one attached hydrogen (secondary N) is 1. The van der Waals surface area contributed by atoms with Gasteiger partial charge in [-0.1, -0.05) is 18.6 Å². The third kappa shape index (κ3) is 6.07. The lowest BCUT2D eigenvalue weighted by Crippen LogP contribution is -2.38. The molecular weight excluding hydrogens is 416 g/mol. The van der Waals surface area contributed by atoms with Gasteiger partial charge < -0.3 is 14.4 Å². The molecule has 3 rings (SSSR count). The summed E-state index contributed by atoms with van der Waals surface area (Å²) in [5.74, 6) is -0.0165. The van der Waals surface area contributed by atoms with Crippen LogP contribution in [0.25, 0.3) is 0 Å². The van der Waals surface area contributed by atoms with Crippen molar-refractivity contribution in [1.82, 2.24) is 10.2 Å². The first-order chi connectivity index (χ1) is 14.8. The molecule has 0 bridgehead atoms. The molecule has 2 amide bonds. The smallest absolute Gasteiger partial charge is 0.339 e.